The molecule has 1 aliphatic rings. The number of hydrogen-bond acceptors (Lipinski definition) is 4. The number of halogens is 1. The maximum Gasteiger partial charge on any atom is 0.271 e. The van der Waals surface area contributed by atoms with Gasteiger partial charge in [0.25, 0.3) is 5.91 Å². The molecule has 2 aromatic rings. The van der Waals surface area contributed by atoms with Gasteiger partial charge in [0.05, 0.1) is 6.21 Å². The van der Waals surface area contributed by atoms with Crippen LogP contribution in [-0.4, -0.2) is 25.3 Å². The second kappa shape index (κ2) is 6.26. The Morgan fingerprint density at radius 2 is 1.82 bits per heavy atom. The van der Waals surface area contributed by atoms with Crippen LogP contribution in [0.4, 0.5) is 4.39 Å². The zero-order chi connectivity index (χ0) is 15.4. The summed E-state index contributed by atoms with van der Waals surface area (Å²) in [6, 6.07) is 10.7. The van der Waals surface area contributed by atoms with Crippen LogP contribution in [0.15, 0.2) is 47.6 Å². The van der Waals surface area contributed by atoms with Gasteiger partial charge in [0, 0.05) is 5.56 Å². The predicted octanol–water partition coefficient (Wildman–Crippen LogP) is 2.36. The number of nitrogens with one attached hydrogen (secondary N) is 1. The van der Waals surface area contributed by atoms with Gasteiger partial charge < -0.3 is 9.47 Å². The lowest BCUT2D eigenvalue weighted by Crippen LogP contribution is -2.19. The Balaban J connectivity index is 1.65. The maximum absolute atomic E-state index is 12.8. The second-order valence-corrected chi connectivity index (χ2v) is 4.61. The number of carbonyl (C=O) groups is 1. The van der Waals surface area contributed by atoms with Gasteiger partial charge in [-0.15, -0.1) is 0 Å². The highest BCUT2D eigenvalue weighted by molar-refractivity contribution is 5.95. The Hall–Kier alpha value is -2.89. The van der Waals surface area contributed by atoms with Crippen molar-refractivity contribution in [3.63, 3.8) is 0 Å². The van der Waals surface area contributed by atoms with Gasteiger partial charge in [0.15, 0.2) is 11.5 Å². The third-order valence-corrected chi connectivity index (χ3v) is 3.05. The van der Waals surface area contributed by atoms with Crippen LogP contribution < -0.4 is 14.9 Å². The third kappa shape index (κ3) is 3.22. The summed E-state index contributed by atoms with van der Waals surface area (Å²) in [5.41, 5.74) is 3.51. The van der Waals surface area contributed by atoms with E-state index in [0.717, 1.165) is 0 Å². The van der Waals surface area contributed by atoms with Crippen molar-refractivity contribution >= 4 is 12.1 Å². The van der Waals surface area contributed by atoms with Crippen LogP contribution in [0.1, 0.15) is 15.9 Å². The lowest BCUT2D eigenvalue weighted by Gasteiger charge is -2.18. The number of ether oxygens (including phenoxy) is 2. The Morgan fingerprint density at radius 3 is 2.59 bits per heavy atom. The highest BCUT2D eigenvalue weighted by atomic mass is 19.1. The van der Waals surface area contributed by atoms with Crippen molar-refractivity contribution in [2.24, 2.45) is 5.10 Å². The van der Waals surface area contributed by atoms with Crippen LogP contribution in [0.25, 0.3) is 0 Å². The summed E-state index contributed by atoms with van der Waals surface area (Å²) in [5.74, 6) is 0.479. The smallest absolute Gasteiger partial charge is 0.271 e. The minimum absolute atomic E-state index is 0.322. The van der Waals surface area contributed by atoms with Gasteiger partial charge in [0.1, 0.15) is 19.0 Å². The monoisotopic (exact) mass is 300 g/mol. The first-order valence-corrected chi connectivity index (χ1v) is 6.71. The molecule has 0 aromatic heterocycles. The molecule has 0 unspecified atom stereocenters. The normalized spacial score (nSPS) is 13.1. The van der Waals surface area contributed by atoms with E-state index in [1.165, 1.54) is 18.3 Å². The first-order chi connectivity index (χ1) is 10.7. The first-order valence-electron chi connectivity index (χ1n) is 6.71. The topological polar surface area (TPSA) is 59.9 Å². The van der Waals surface area contributed by atoms with E-state index < -0.39 is 0 Å². The van der Waals surface area contributed by atoms with Crippen molar-refractivity contribution in [2.75, 3.05) is 13.2 Å². The number of benzene rings is 2. The highest BCUT2D eigenvalue weighted by Crippen LogP contribution is 2.30. The second-order valence-electron chi connectivity index (χ2n) is 4.61. The lowest BCUT2D eigenvalue weighted by atomic mass is 10.2. The molecule has 1 amide bonds. The van der Waals surface area contributed by atoms with Gasteiger partial charge in [-0.3, -0.25) is 4.79 Å². The number of hydrazone groups is 1. The molecular formula is C16H13FN2O3. The van der Waals surface area contributed by atoms with Crippen LogP contribution in [0, 0.1) is 5.82 Å². The van der Waals surface area contributed by atoms with Gasteiger partial charge >= 0.3 is 0 Å². The third-order valence-electron chi connectivity index (χ3n) is 3.05. The average molecular weight is 300 g/mol. The molecule has 112 valence electrons. The van der Waals surface area contributed by atoms with Crippen molar-refractivity contribution in [3.8, 4) is 11.5 Å². The van der Waals surface area contributed by atoms with Crippen molar-refractivity contribution in [2.45, 2.75) is 0 Å². The molecule has 0 spiro atoms. The predicted molar refractivity (Wildman–Crippen MR) is 78.9 cm³/mol. The summed E-state index contributed by atoms with van der Waals surface area (Å²) in [7, 11) is 0. The summed E-state index contributed by atoms with van der Waals surface area (Å²) < 4.78 is 23.6. The molecule has 2 aromatic carbocycles. The molecule has 1 N–H and O–H groups in total. The van der Waals surface area contributed by atoms with Crippen molar-refractivity contribution in [1.29, 1.82) is 0 Å². The van der Waals surface area contributed by atoms with E-state index in [1.807, 2.05) is 0 Å². The number of rotatable bonds is 3. The quantitative estimate of drug-likeness (QED) is 0.699. The van der Waals surface area contributed by atoms with Crippen LogP contribution >= 0.6 is 0 Å². The van der Waals surface area contributed by atoms with Crippen LogP contribution in [0.3, 0.4) is 0 Å². The van der Waals surface area contributed by atoms with Crippen LogP contribution in [0.2, 0.25) is 0 Å². The summed E-state index contributed by atoms with van der Waals surface area (Å²) in [6.45, 7) is 0.960. The number of fused-ring (bicyclic) bond motifs is 1. The number of hydrogen-bond donors (Lipinski definition) is 1. The van der Waals surface area contributed by atoms with Gasteiger partial charge in [-0.05, 0) is 35.9 Å². The highest BCUT2D eigenvalue weighted by Gasteiger charge is 2.14. The molecular weight excluding hydrogens is 287 g/mol. The fourth-order valence-corrected chi connectivity index (χ4v) is 1.96. The molecule has 3 rings (SSSR count). The maximum atomic E-state index is 12.8. The van der Waals surface area contributed by atoms with Gasteiger partial charge in [-0.1, -0.05) is 12.1 Å². The SMILES string of the molecule is O=C(NN=Cc1ccc(F)cc1)c1ccc2c(c1)OCCO2. The Labute approximate surface area is 126 Å². The van der Waals surface area contributed by atoms with Crippen LogP contribution in [-0.2, 0) is 0 Å². The molecule has 0 radical (unpaired) electrons. The van der Waals surface area contributed by atoms with E-state index in [9.17, 15) is 9.18 Å². The minimum atomic E-state index is -0.365. The van der Waals surface area contributed by atoms with Crippen molar-refractivity contribution < 1.29 is 18.7 Å². The Bertz CT molecular complexity index is 714. The van der Waals surface area contributed by atoms with Crippen LogP contribution in [0.5, 0.6) is 11.5 Å². The largest absolute Gasteiger partial charge is 0.486 e. The zero-order valence-corrected chi connectivity index (χ0v) is 11.6. The fraction of sp³-hybridized carbons (Fsp3) is 0.125. The van der Waals surface area contributed by atoms with E-state index in [0.29, 0.717) is 35.8 Å². The van der Waals surface area contributed by atoms with E-state index >= 15 is 0 Å². The Morgan fingerprint density at radius 1 is 1.09 bits per heavy atom. The minimum Gasteiger partial charge on any atom is -0.486 e. The summed E-state index contributed by atoms with van der Waals surface area (Å²) in [4.78, 5) is 12.0. The Kier molecular flexibility index (Phi) is 4.00. The molecule has 0 bridgehead atoms. The summed E-state index contributed by atoms with van der Waals surface area (Å²) >= 11 is 0. The summed E-state index contributed by atoms with van der Waals surface area (Å²) in [6.07, 6.45) is 1.44. The average Bonchev–Trinajstić information content (AvgIpc) is 2.56. The molecule has 0 atom stereocenters. The molecule has 22 heavy (non-hydrogen) atoms. The van der Waals surface area contributed by atoms with Gasteiger partial charge in [-0.2, -0.15) is 5.10 Å². The summed E-state index contributed by atoms with van der Waals surface area (Å²) in [5, 5.41) is 3.84. The van der Waals surface area contributed by atoms with Crippen molar-refractivity contribution in [3.05, 3.63) is 59.4 Å². The molecule has 6 heteroatoms. The number of carbonyl (C=O) groups excluding carboxylic acids is 1. The van der Waals surface area contributed by atoms with Gasteiger partial charge in [-0.25, -0.2) is 9.82 Å². The molecule has 1 heterocycles. The molecule has 1 aliphatic heterocycles. The molecule has 0 aliphatic carbocycles. The van der Waals surface area contributed by atoms with E-state index in [-0.39, 0.29) is 11.7 Å². The van der Waals surface area contributed by atoms with E-state index in [4.69, 9.17) is 9.47 Å². The van der Waals surface area contributed by atoms with Crippen molar-refractivity contribution in [1.82, 2.24) is 5.43 Å². The fourth-order valence-electron chi connectivity index (χ4n) is 1.96. The van der Waals surface area contributed by atoms with Gasteiger partial charge in [0.2, 0.25) is 0 Å². The first kappa shape index (κ1) is 14.1. The number of nitrogens with zero attached hydrogens (tertiary/aromatic N) is 1. The van der Waals surface area contributed by atoms with E-state index in [2.05, 4.69) is 10.5 Å². The molecule has 0 saturated carbocycles. The van der Waals surface area contributed by atoms with E-state index in [1.54, 1.807) is 30.3 Å². The lowest BCUT2D eigenvalue weighted by molar-refractivity contribution is 0.0954. The number of amides is 1. The standard InChI is InChI=1S/C16H13FN2O3/c17-13-4-1-11(2-5-13)10-18-19-16(20)12-3-6-14-15(9-12)22-8-7-21-14/h1-6,9-10H,7-8H2,(H,19,20). The molecule has 0 saturated heterocycles. The molecule has 5 nitrogen and oxygen atoms in total. The molecule has 0 fully saturated rings. The zero-order valence-electron chi connectivity index (χ0n) is 11.6.